The number of hydrogen-bond acceptors (Lipinski definition) is 4. The fourth-order valence-corrected chi connectivity index (χ4v) is 1.80. The van der Waals surface area contributed by atoms with E-state index in [1.807, 2.05) is 0 Å². The molecule has 0 heterocycles. The van der Waals surface area contributed by atoms with Crippen molar-refractivity contribution in [3.05, 3.63) is 34.4 Å². The SMILES string of the molecule is CNC(=O)c1cc(C(=O)O)c(C(=O)NC(C)C)cc1C(=O)O. The first kappa shape index (κ1) is 17.2. The molecular formula is C14H16N2O6. The number of amides is 2. The van der Waals surface area contributed by atoms with Gasteiger partial charge in [-0.3, -0.25) is 9.59 Å². The van der Waals surface area contributed by atoms with E-state index in [-0.39, 0.29) is 17.2 Å². The van der Waals surface area contributed by atoms with Crippen molar-refractivity contribution in [1.29, 1.82) is 0 Å². The van der Waals surface area contributed by atoms with Crippen LogP contribution in [0.3, 0.4) is 0 Å². The Morgan fingerprint density at radius 2 is 1.27 bits per heavy atom. The van der Waals surface area contributed by atoms with Gasteiger partial charge in [0.2, 0.25) is 0 Å². The van der Waals surface area contributed by atoms with Crippen LogP contribution in [0.5, 0.6) is 0 Å². The highest BCUT2D eigenvalue weighted by Crippen LogP contribution is 2.18. The average molecular weight is 308 g/mol. The monoisotopic (exact) mass is 308 g/mol. The number of benzene rings is 1. The number of rotatable bonds is 5. The number of nitrogens with one attached hydrogen (secondary N) is 2. The van der Waals surface area contributed by atoms with E-state index >= 15 is 0 Å². The van der Waals surface area contributed by atoms with Gasteiger partial charge in [-0.15, -0.1) is 0 Å². The minimum Gasteiger partial charge on any atom is -0.478 e. The summed E-state index contributed by atoms with van der Waals surface area (Å²) in [5.41, 5.74) is -1.53. The normalized spacial score (nSPS) is 10.2. The molecule has 0 unspecified atom stereocenters. The lowest BCUT2D eigenvalue weighted by molar-refractivity contribution is 0.0675. The minimum atomic E-state index is -1.44. The van der Waals surface area contributed by atoms with Gasteiger partial charge in [0.05, 0.1) is 22.3 Å². The lowest BCUT2D eigenvalue weighted by Gasteiger charge is -2.13. The zero-order valence-electron chi connectivity index (χ0n) is 12.3. The summed E-state index contributed by atoms with van der Waals surface area (Å²) < 4.78 is 0. The standard InChI is InChI=1S/C14H16N2O6/c1-6(2)16-12(18)8-5-9(13(19)20)7(11(17)15-3)4-10(8)14(21)22/h4-6H,1-3H3,(H,15,17)(H,16,18)(H,19,20)(H,21,22). The molecule has 22 heavy (non-hydrogen) atoms. The number of carbonyl (C=O) groups excluding carboxylic acids is 2. The molecule has 0 aromatic heterocycles. The first-order chi connectivity index (χ1) is 10.2. The largest absolute Gasteiger partial charge is 0.478 e. The van der Waals surface area contributed by atoms with E-state index in [0.717, 1.165) is 12.1 Å². The second-order valence-electron chi connectivity index (χ2n) is 4.76. The van der Waals surface area contributed by atoms with Gasteiger partial charge in [-0.25, -0.2) is 9.59 Å². The Kier molecular flexibility index (Phi) is 5.23. The number of carboxylic acids is 2. The lowest BCUT2D eigenvalue weighted by atomic mass is 9.97. The highest BCUT2D eigenvalue weighted by Gasteiger charge is 2.25. The molecule has 0 aliphatic carbocycles. The molecule has 0 fully saturated rings. The number of carbonyl (C=O) groups is 4. The topological polar surface area (TPSA) is 133 Å². The van der Waals surface area contributed by atoms with Gasteiger partial charge in [0.1, 0.15) is 0 Å². The maximum absolute atomic E-state index is 12.0. The van der Waals surface area contributed by atoms with Gasteiger partial charge in [0.15, 0.2) is 0 Å². The summed E-state index contributed by atoms with van der Waals surface area (Å²) in [7, 11) is 1.29. The summed E-state index contributed by atoms with van der Waals surface area (Å²) in [5, 5.41) is 23.1. The van der Waals surface area contributed by atoms with E-state index in [1.165, 1.54) is 7.05 Å². The molecule has 0 radical (unpaired) electrons. The number of carboxylic acid groups (broad SMARTS) is 2. The quantitative estimate of drug-likeness (QED) is 0.629. The summed E-state index contributed by atoms with van der Waals surface area (Å²) in [6, 6.07) is 1.52. The number of aromatic carboxylic acids is 2. The van der Waals surface area contributed by atoms with Crippen molar-refractivity contribution in [3.63, 3.8) is 0 Å². The van der Waals surface area contributed by atoms with Crippen LogP contribution < -0.4 is 10.6 Å². The van der Waals surface area contributed by atoms with Gasteiger partial charge in [-0.2, -0.15) is 0 Å². The maximum Gasteiger partial charge on any atom is 0.336 e. The molecule has 0 saturated carbocycles. The van der Waals surface area contributed by atoms with Crippen LogP contribution >= 0.6 is 0 Å². The Labute approximate surface area is 126 Å². The van der Waals surface area contributed by atoms with Gasteiger partial charge in [-0.05, 0) is 26.0 Å². The van der Waals surface area contributed by atoms with Crippen LogP contribution in [0.1, 0.15) is 55.3 Å². The van der Waals surface area contributed by atoms with E-state index in [9.17, 15) is 24.3 Å². The van der Waals surface area contributed by atoms with Crippen molar-refractivity contribution < 1.29 is 29.4 Å². The van der Waals surface area contributed by atoms with Crippen LogP contribution in [0.15, 0.2) is 12.1 Å². The molecular weight excluding hydrogens is 292 g/mol. The molecule has 1 aromatic rings. The molecule has 0 aliphatic rings. The zero-order valence-corrected chi connectivity index (χ0v) is 12.3. The molecule has 0 atom stereocenters. The second kappa shape index (κ2) is 6.70. The van der Waals surface area contributed by atoms with Crippen LogP contribution in [0.4, 0.5) is 0 Å². The van der Waals surface area contributed by atoms with Crippen molar-refractivity contribution in [2.75, 3.05) is 7.05 Å². The first-order valence-corrected chi connectivity index (χ1v) is 6.36. The zero-order chi connectivity index (χ0) is 17.0. The fraction of sp³-hybridized carbons (Fsp3) is 0.286. The molecule has 8 heteroatoms. The third-order valence-corrected chi connectivity index (χ3v) is 2.75. The van der Waals surface area contributed by atoms with Gasteiger partial charge in [-0.1, -0.05) is 0 Å². The molecule has 118 valence electrons. The Morgan fingerprint density at radius 1 is 0.864 bits per heavy atom. The Bertz CT molecular complexity index is 651. The van der Waals surface area contributed by atoms with Crippen LogP contribution in [0.25, 0.3) is 0 Å². The molecule has 0 bridgehead atoms. The van der Waals surface area contributed by atoms with E-state index in [0.29, 0.717) is 0 Å². The van der Waals surface area contributed by atoms with Gasteiger partial charge in [0, 0.05) is 13.1 Å². The van der Waals surface area contributed by atoms with Crippen molar-refractivity contribution in [1.82, 2.24) is 10.6 Å². The summed E-state index contributed by atoms with van der Waals surface area (Å²) in [6.07, 6.45) is 0. The predicted molar refractivity (Wildman–Crippen MR) is 76.4 cm³/mol. The summed E-state index contributed by atoms with van der Waals surface area (Å²) in [5.74, 6) is -4.35. The molecule has 4 N–H and O–H groups in total. The van der Waals surface area contributed by atoms with Crippen molar-refractivity contribution in [2.45, 2.75) is 19.9 Å². The number of hydrogen-bond donors (Lipinski definition) is 4. The molecule has 1 aromatic carbocycles. The highest BCUT2D eigenvalue weighted by molar-refractivity contribution is 6.11. The third-order valence-electron chi connectivity index (χ3n) is 2.75. The van der Waals surface area contributed by atoms with Gasteiger partial charge >= 0.3 is 11.9 Å². The molecule has 2 amide bonds. The first-order valence-electron chi connectivity index (χ1n) is 6.36. The average Bonchev–Trinajstić information content (AvgIpc) is 2.43. The Morgan fingerprint density at radius 3 is 1.59 bits per heavy atom. The predicted octanol–water partition coefficient (Wildman–Crippen LogP) is 0.581. The molecule has 0 saturated heterocycles. The van der Waals surface area contributed by atoms with Gasteiger partial charge in [0.25, 0.3) is 11.8 Å². The lowest BCUT2D eigenvalue weighted by Crippen LogP contribution is -2.32. The van der Waals surface area contributed by atoms with Crippen LogP contribution in [-0.4, -0.2) is 47.1 Å². The summed E-state index contributed by atoms with van der Waals surface area (Å²) >= 11 is 0. The minimum absolute atomic E-state index is 0.263. The van der Waals surface area contributed by atoms with E-state index in [4.69, 9.17) is 5.11 Å². The van der Waals surface area contributed by atoms with Crippen molar-refractivity contribution in [3.8, 4) is 0 Å². The van der Waals surface area contributed by atoms with E-state index < -0.39 is 34.9 Å². The highest BCUT2D eigenvalue weighted by atomic mass is 16.4. The molecule has 0 spiro atoms. The van der Waals surface area contributed by atoms with Crippen LogP contribution in [-0.2, 0) is 0 Å². The van der Waals surface area contributed by atoms with Gasteiger partial charge < -0.3 is 20.8 Å². The fourth-order valence-electron chi connectivity index (χ4n) is 1.80. The van der Waals surface area contributed by atoms with E-state index in [1.54, 1.807) is 13.8 Å². The summed E-state index contributed by atoms with van der Waals surface area (Å²) in [4.78, 5) is 46.3. The second-order valence-corrected chi connectivity index (χ2v) is 4.76. The Balaban J connectivity index is 3.59. The Hall–Kier alpha value is -2.90. The van der Waals surface area contributed by atoms with Crippen molar-refractivity contribution in [2.24, 2.45) is 0 Å². The van der Waals surface area contributed by atoms with Crippen molar-refractivity contribution >= 4 is 23.8 Å². The van der Waals surface area contributed by atoms with Crippen LogP contribution in [0.2, 0.25) is 0 Å². The van der Waals surface area contributed by atoms with Crippen LogP contribution in [0, 0.1) is 0 Å². The molecule has 8 nitrogen and oxygen atoms in total. The summed E-state index contributed by atoms with van der Waals surface area (Å²) in [6.45, 7) is 3.35. The molecule has 0 aliphatic heterocycles. The third kappa shape index (κ3) is 3.60. The smallest absolute Gasteiger partial charge is 0.336 e. The maximum atomic E-state index is 12.0. The molecule has 1 rings (SSSR count). The van der Waals surface area contributed by atoms with E-state index in [2.05, 4.69) is 10.6 Å².